The number of hydrogen-bond acceptors (Lipinski definition) is 4. The number of primary amides is 2. The van der Waals surface area contributed by atoms with Crippen LogP contribution < -0.4 is 16.8 Å². The Morgan fingerprint density at radius 1 is 1.29 bits per heavy atom. The maximum absolute atomic E-state index is 11.2. The molecule has 92 valence electrons. The van der Waals surface area contributed by atoms with Crippen LogP contribution in [0.3, 0.4) is 0 Å². The molecule has 0 saturated carbocycles. The Labute approximate surface area is 99.4 Å². The number of hydrogen-bond donors (Lipinski definition) is 3. The lowest BCUT2D eigenvalue weighted by molar-refractivity contribution is -0.119. The number of nitrogens with one attached hydrogen (secondary N) is 1. The molecule has 1 rings (SSSR count). The molecule has 2 amide bonds. The largest absolute Gasteiger partial charge is 0.368 e. The predicted molar refractivity (Wildman–Crippen MR) is 64.2 cm³/mol. The molecule has 5 N–H and O–H groups in total. The van der Waals surface area contributed by atoms with E-state index in [-0.39, 0.29) is 5.92 Å². The minimum Gasteiger partial charge on any atom is -0.368 e. The third kappa shape index (κ3) is 3.44. The van der Waals surface area contributed by atoms with E-state index in [4.69, 9.17) is 11.5 Å². The van der Waals surface area contributed by atoms with Gasteiger partial charge in [0.25, 0.3) is 0 Å². The van der Waals surface area contributed by atoms with Crippen molar-refractivity contribution in [2.24, 2.45) is 17.4 Å². The van der Waals surface area contributed by atoms with Gasteiger partial charge >= 0.3 is 0 Å². The summed E-state index contributed by atoms with van der Waals surface area (Å²) in [4.78, 5) is 26.0. The highest BCUT2D eigenvalue weighted by atomic mass is 16.1. The van der Waals surface area contributed by atoms with Gasteiger partial charge in [-0.25, -0.2) is 4.98 Å². The molecule has 0 aromatic carbocycles. The molecule has 0 spiro atoms. The summed E-state index contributed by atoms with van der Waals surface area (Å²) in [6, 6.07) is 2.62. The molecule has 1 atom stereocenters. The van der Waals surface area contributed by atoms with Crippen LogP contribution in [-0.4, -0.2) is 22.8 Å². The van der Waals surface area contributed by atoms with Crippen LogP contribution in [0.1, 0.15) is 24.2 Å². The van der Waals surface area contributed by atoms with Crippen molar-refractivity contribution < 1.29 is 9.59 Å². The Kier molecular flexibility index (Phi) is 4.03. The van der Waals surface area contributed by atoms with E-state index in [0.717, 1.165) is 0 Å². The lowest BCUT2D eigenvalue weighted by atomic mass is 10.0. The lowest BCUT2D eigenvalue weighted by Crippen LogP contribution is -2.39. The zero-order chi connectivity index (χ0) is 13.0. The second-order valence-corrected chi connectivity index (χ2v) is 4.06. The molecule has 1 aromatic heterocycles. The summed E-state index contributed by atoms with van der Waals surface area (Å²) < 4.78 is 0. The van der Waals surface area contributed by atoms with E-state index < -0.39 is 17.9 Å². The van der Waals surface area contributed by atoms with Gasteiger partial charge in [-0.1, -0.05) is 13.8 Å². The fourth-order valence-electron chi connectivity index (χ4n) is 1.35. The molecule has 0 fully saturated rings. The maximum Gasteiger partial charge on any atom is 0.250 e. The fourth-order valence-corrected chi connectivity index (χ4v) is 1.35. The molecule has 6 heteroatoms. The number of nitrogens with two attached hydrogens (primary N) is 2. The van der Waals surface area contributed by atoms with E-state index >= 15 is 0 Å². The molecule has 0 bridgehead atoms. The van der Waals surface area contributed by atoms with Crippen molar-refractivity contribution in [3.8, 4) is 0 Å². The molecule has 0 saturated heterocycles. The van der Waals surface area contributed by atoms with Crippen LogP contribution >= 0.6 is 0 Å². The highest BCUT2D eigenvalue weighted by Crippen LogP contribution is 2.10. The van der Waals surface area contributed by atoms with Gasteiger partial charge in [-0.05, 0) is 18.1 Å². The molecule has 0 aliphatic carbocycles. The number of amides is 2. The zero-order valence-corrected chi connectivity index (χ0v) is 9.81. The van der Waals surface area contributed by atoms with Gasteiger partial charge in [0.05, 0.1) is 5.56 Å². The number of anilines is 1. The first-order chi connectivity index (χ1) is 7.91. The summed E-state index contributed by atoms with van der Waals surface area (Å²) >= 11 is 0. The number of rotatable bonds is 5. The van der Waals surface area contributed by atoms with Crippen LogP contribution in [0.5, 0.6) is 0 Å². The summed E-state index contributed by atoms with van der Waals surface area (Å²) in [5.74, 6) is -0.460. The normalized spacial score (nSPS) is 12.2. The Morgan fingerprint density at radius 2 is 1.94 bits per heavy atom. The maximum atomic E-state index is 11.2. The van der Waals surface area contributed by atoms with Crippen molar-refractivity contribution in [1.29, 1.82) is 0 Å². The van der Waals surface area contributed by atoms with E-state index in [1.165, 1.54) is 12.3 Å². The summed E-state index contributed by atoms with van der Waals surface area (Å²) in [5, 5.41) is 2.91. The molecule has 0 aliphatic rings. The van der Waals surface area contributed by atoms with Gasteiger partial charge in [0.15, 0.2) is 0 Å². The van der Waals surface area contributed by atoms with Crippen LogP contribution in [0.2, 0.25) is 0 Å². The van der Waals surface area contributed by atoms with Gasteiger partial charge in [0, 0.05) is 6.20 Å². The van der Waals surface area contributed by atoms with Gasteiger partial charge < -0.3 is 16.8 Å². The van der Waals surface area contributed by atoms with Crippen molar-refractivity contribution >= 4 is 17.6 Å². The van der Waals surface area contributed by atoms with Crippen LogP contribution in [0.25, 0.3) is 0 Å². The number of pyridine rings is 1. The molecule has 0 radical (unpaired) electrons. The highest BCUT2D eigenvalue weighted by Gasteiger charge is 2.19. The monoisotopic (exact) mass is 236 g/mol. The first-order valence-electron chi connectivity index (χ1n) is 5.23. The standard InChI is InChI=1S/C11H16N4O2/c1-6(2)9(11(13)17)15-8-4-3-7(5-14-8)10(12)16/h3-6,9H,1-2H3,(H2,12,16)(H2,13,17)(H,14,15). The summed E-state index contributed by atoms with van der Waals surface area (Å²) in [6.07, 6.45) is 1.35. The van der Waals surface area contributed by atoms with Crippen molar-refractivity contribution in [3.63, 3.8) is 0 Å². The molecule has 1 heterocycles. The lowest BCUT2D eigenvalue weighted by Gasteiger charge is -2.19. The molecule has 17 heavy (non-hydrogen) atoms. The average Bonchev–Trinajstić information content (AvgIpc) is 2.25. The van der Waals surface area contributed by atoms with E-state index in [0.29, 0.717) is 11.4 Å². The highest BCUT2D eigenvalue weighted by molar-refractivity contribution is 5.92. The van der Waals surface area contributed by atoms with Crippen LogP contribution in [-0.2, 0) is 4.79 Å². The summed E-state index contributed by atoms with van der Waals surface area (Å²) in [6.45, 7) is 3.75. The number of aromatic nitrogens is 1. The number of carbonyl (C=O) groups is 2. The molecule has 1 unspecified atom stereocenters. The first-order valence-corrected chi connectivity index (χ1v) is 5.23. The third-order valence-electron chi connectivity index (χ3n) is 2.32. The Hall–Kier alpha value is -2.11. The first kappa shape index (κ1) is 13.0. The molecular formula is C11H16N4O2. The quantitative estimate of drug-likeness (QED) is 0.673. The Balaban J connectivity index is 2.80. The van der Waals surface area contributed by atoms with Gasteiger partial charge in [-0.2, -0.15) is 0 Å². The van der Waals surface area contributed by atoms with Gasteiger partial charge in [-0.15, -0.1) is 0 Å². The number of carbonyl (C=O) groups excluding carboxylic acids is 2. The Morgan fingerprint density at radius 3 is 2.29 bits per heavy atom. The van der Waals surface area contributed by atoms with E-state index in [9.17, 15) is 9.59 Å². The Bertz CT molecular complexity index is 414. The SMILES string of the molecule is CC(C)C(Nc1ccc(C(N)=O)cn1)C(N)=O. The van der Waals surface area contributed by atoms with Crippen molar-refractivity contribution in [3.05, 3.63) is 23.9 Å². The van der Waals surface area contributed by atoms with Crippen molar-refractivity contribution in [1.82, 2.24) is 4.98 Å². The predicted octanol–water partition coefficient (Wildman–Crippen LogP) is 0.102. The molecule has 0 aliphatic heterocycles. The fraction of sp³-hybridized carbons (Fsp3) is 0.364. The minimum absolute atomic E-state index is 0.0464. The molecule has 6 nitrogen and oxygen atoms in total. The molecule has 1 aromatic rings. The van der Waals surface area contributed by atoms with Crippen LogP contribution in [0.4, 0.5) is 5.82 Å². The van der Waals surface area contributed by atoms with Gasteiger partial charge in [-0.3, -0.25) is 9.59 Å². The zero-order valence-electron chi connectivity index (χ0n) is 9.81. The third-order valence-corrected chi connectivity index (χ3v) is 2.32. The summed E-state index contributed by atoms with van der Waals surface area (Å²) in [5.41, 5.74) is 10.7. The topological polar surface area (TPSA) is 111 Å². The number of nitrogens with zero attached hydrogens (tertiary/aromatic N) is 1. The van der Waals surface area contributed by atoms with E-state index in [2.05, 4.69) is 10.3 Å². The van der Waals surface area contributed by atoms with Gasteiger partial charge in [0.1, 0.15) is 11.9 Å². The minimum atomic E-state index is -0.542. The second-order valence-electron chi connectivity index (χ2n) is 4.06. The van der Waals surface area contributed by atoms with Crippen LogP contribution in [0.15, 0.2) is 18.3 Å². The average molecular weight is 236 g/mol. The molecular weight excluding hydrogens is 220 g/mol. The van der Waals surface area contributed by atoms with E-state index in [1.807, 2.05) is 13.8 Å². The second kappa shape index (κ2) is 5.29. The van der Waals surface area contributed by atoms with Crippen LogP contribution in [0, 0.1) is 5.92 Å². The van der Waals surface area contributed by atoms with E-state index in [1.54, 1.807) is 6.07 Å². The van der Waals surface area contributed by atoms with Gasteiger partial charge in [0.2, 0.25) is 11.8 Å². The van der Waals surface area contributed by atoms with Crippen molar-refractivity contribution in [2.45, 2.75) is 19.9 Å². The smallest absolute Gasteiger partial charge is 0.250 e. The summed E-state index contributed by atoms with van der Waals surface area (Å²) in [7, 11) is 0. The van der Waals surface area contributed by atoms with Crippen molar-refractivity contribution in [2.75, 3.05) is 5.32 Å².